The van der Waals surface area contributed by atoms with Crippen LogP contribution >= 0.6 is 0 Å². The molecule has 1 aromatic carbocycles. The van der Waals surface area contributed by atoms with Gasteiger partial charge in [-0.15, -0.1) is 0 Å². The third-order valence-corrected chi connectivity index (χ3v) is 2.60. The third kappa shape index (κ3) is 3.76. The first-order valence-electron chi connectivity index (χ1n) is 5.72. The molecule has 0 aliphatic heterocycles. The van der Waals surface area contributed by atoms with Gasteiger partial charge in [-0.3, -0.25) is 4.79 Å². The molecule has 2 N–H and O–H groups in total. The van der Waals surface area contributed by atoms with Crippen molar-refractivity contribution in [2.45, 2.75) is 19.8 Å². The van der Waals surface area contributed by atoms with Crippen LogP contribution in [0.3, 0.4) is 0 Å². The molecule has 0 saturated carbocycles. The molecule has 1 rings (SSSR count). The number of rotatable bonds is 6. The van der Waals surface area contributed by atoms with Gasteiger partial charge in [0.1, 0.15) is 5.75 Å². The molecule has 0 bridgehead atoms. The lowest BCUT2D eigenvalue weighted by Crippen LogP contribution is -2.18. The Hall–Kier alpha value is -2.04. The van der Waals surface area contributed by atoms with E-state index in [0.717, 1.165) is 0 Å². The second-order valence-electron chi connectivity index (χ2n) is 3.86. The van der Waals surface area contributed by atoms with E-state index in [4.69, 9.17) is 9.84 Å². The van der Waals surface area contributed by atoms with Gasteiger partial charge in [-0.2, -0.15) is 0 Å². The number of nitrogens with one attached hydrogen (secondary N) is 1. The zero-order valence-corrected chi connectivity index (χ0v) is 10.5. The molecular weight excluding hydrogens is 234 g/mol. The van der Waals surface area contributed by atoms with Gasteiger partial charge < -0.3 is 15.2 Å². The number of carboxylic acids is 1. The van der Waals surface area contributed by atoms with E-state index >= 15 is 0 Å². The first-order valence-corrected chi connectivity index (χ1v) is 5.72. The molecule has 0 radical (unpaired) electrons. The molecule has 5 nitrogen and oxygen atoms in total. The molecule has 1 amide bonds. The smallest absolute Gasteiger partial charge is 0.336 e. The Morgan fingerprint density at radius 2 is 2.11 bits per heavy atom. The van der Waals surface area contributed by atoms with E-state index in [2.05, 4.69) is 5.32 Å². The molecule has 0 heterocycles. The minimum Gasteiger partial charge on any atom is -0.493 e. The number of carboxylic acid groups (broad SMARTS) is 1. The lowest BCUT2D eigenvalue weighted by atomic mass is 10.1. The Morgan fingerprint density at radius 3 is 2.72 bits per heavy atom. The fraction of sp³-hybridized carbons (Fsp3) is 0.385. The van der Waals surface area contributed by atoms with Crippen molar-refractivity contribution in [1.29, 1.82) is 0 Å². The molecule has 0 fully saturated rings. The maximum atomic E-state index is 11.0. The summed E-state index contributed by atoms with van der Waals surface area (Å²) >= 11 is 0. The number of ether oxygens (including phenoxy) is 1. The normalized spacial score (nSPS) is 9.89. The van der Waals surface area contributed by atoms with Gasteiger partial charge >= 0.3 is 5.97 Å². The standard InChI is InChI=1S/C13H17NO4/c1-9-10(13(16)17)5-3-6-11(9)18-8-4-7-12(15)14-2/h3,5-6H,4,7-8H2,1-2H3,(H,14,15)(H,16,17). The van der Waals surface area contributed by atoms with Gasteiger partial charge in [0, 0.05) is 19.0 Å². The van der Waals surface area contributed by atoms with Crippen molar-refractivity contribution in [1.82, 2.24) is 5.32 Å². The van der Waals surface area contributed by atoms with Crippen LogP contribution in [-0.4, -0.2) is 30.6 Å². The summed E-state index contributed by atoms with van der Waals surface area (Å²) in [6.07, 6.45) is 0.991. The molecule has 98 valence electrons. The largest absolute Gasteiger partial charge is 0.493 e. The quantitative estimate of drug-likeness (QED) is 0.753. The number of benzene rings is 1. The zero-order valence-electron chi connectivity index (χ0n) is 10.5. The average Bonchev–Trinajstić information content (AvgIpc) is 2.35. The van der Waals surface area contributed by atoms with Crippen LogP contribution in [0.2, 0.25) is 0 Å². The molecule has 0 spiro atoms. The number of carbonyl (C=O) groups excluding carboxylic acids is 1. The van der Waals surface area contributed by atoms with E-state index in [-0.39, 0.29) is 11.5 Å². The van der Waals surface area contributed by atoms with Crippen molar-refractivity contribution < 1.29 is 19.4 Å². The van der Waals surface area contributed by atoms with Gasteiger partial charge in [0.25, 0.3) is 0 Å². The highest BCUT2D eigenvalue weighted by atomic mass is 16.5. The maximum absolute atomic E-state index is 11.0. The van der Waals surface area contributed by atoms with Crippen LogP contribution in [0.15, 0.2) is 18.2 Å². The summed E-state index contributed by atoms with van der Waals surface area (Å²) in [7, 11) is 1.59. The van der Waals surface area contributed by atoms with Gasteiger partial charge in [-0.05, 0) is 25.5 Å². The van der Waals surface area contributed by atoms with Gasteiger partial charge in [0.2, 0.25) is 5.91 Å². The Bertz CT molecular complexity index is 443. The lowest BCUT2D eigenvalue weighted by molar-refractivity contribution is -0.120. The van der Waals surface area contributed by atoms with Crippen molar-refractivity contribution in [3.8, 4) is 5.75 Å². The van der Waals surface area contributed by atoms with E-state index < -0.39 is 5.97 Å². The second kappa shape index (κ2) is 6.64. The second-order valence-corrected chi connectivity index (χ2v) is 3.86. The Labute approximate surface area is 106 Å². The van der Waals surface area contributed by atoms with Crippen LogP contribution in [0, 0.1) is 6.92 Å². The van der Waals surface area contributed by atoms with Crippen molar-refractivity contribution in [2.24, 2.45) is 0 Å². The van der Waals surface area contributed by atoms with Crippen LogP contribution in [0.25, 0.3) is 0 Å². The number of aromatic carboxylic acids is 1. The van der Waals surface area contributed by atoms with Crippen LogP contribution in [0.5, 0.6) is 5.75 Å². The van der Waals surface area contributed by atoms with E-state index in [1.165, 1.54) is 6.07 Å². The SMILES string of the molecule is CNC(=O)CCCOc1cccc(C(=O)O)c1C. The van der Waals surface area contributed by atoms with Crippen LogP contribution in [-0.2, 0) is 4.79 Å². The number of hydrogen-bond donors (Lipinski definition) is 2. The molecule has 0 aromatic heterocycles. The molecule has 5 heteroatoms. The highest BCUT2D eigenvalue weighted by molar-refractivity contribution is 5.90. The molecule has 0 atom stereocenters. The average molecular weight is 251 g/mol. The summed E-state index contributed by atoms with van der Waals surface area (Å²) in [5, 5.41) is 11.5. The summed E-state index contributed by atoms with van der Waals surface area (Å²) in [6, 6.07) is 4.90. The highest BCUT2D eigenvalue weighted by Crippen LogP contribution is 2.21. The summed E-state index contributed by atoms with van der Waals surface area (Å²) < 4.78 is 5.48. The monoisotopic (exact) mass is 251 g/mol. The number of carbonyl (C=O) groups is 2. The summed E-state index contributed by atoms with van der Waals surface area (Å²) in [5.74, 6) is -0.454. The van der Waals surface area contributed by atoms with E-state index in [1.54, 1.807) is 26.1 Å². The molecular formula is C13H17NO4. The van der Waals surface area contributed by atoms with Gasteiger partial charge in [-0.25, -0.2) is 4.79 Å². The van der Waals surface area contributed by atoms with E-state index in [1.807, 2.05) is 0 Å². The van der Waals surface area contributed by atoms with Crippen LogP contribution in [0.1, 0.15) is 28.8 Å². The Morgan fingerprint density at radius 1 is 1.39 bits per heavy atom. The molecule has 0 aliphatic carbocycles. The van der Waals surface area contributed by atoms with Crippen LogP contribution < -0.4 is 10.1 Å². The Kier molecular flexibility index (Phi) is 5.17. The number of amides is 1. The fourth-order valence-corrected chi connectivity index (χ4v) is 1.54. The minimum atomic E-state index is -0.969. The first kappa shape index (κ1) is 14.0. The van der Waals surface area contributed by atoms with Crippen molar-refractivity contribution in [2.75, 3.05) is 13.7 Å². The molecule has 1 aromatic rings. The van der Waals surface area contributed by atoms with Gasteiger partial charge in [0.15, 0.2) is 0 Å². The molecule has 0 aliphatic rings. The molecule has 0 saturated heterocycles. The predicted octanol–water partition coefficient (Wildman–Crippen LogP) is 1.60. The van der Waals surface area contributed by atoms with E-state index in [9.17, 15) is 9.59 Å². The predicted molar refractivity (Wildman–Crippen MR) is 66.9 cm³/mol. The minimum absolute atomic E-state index is 0.0328. The summed E-state index contributed by atoms with van der Waals surface area (Å²) in [6.45, 7) is 2.09. The zero-order chi connectivity index (χ0) is 13.5. The summed E-state index contributed by atoms with van der Waals surface area (Å²) in [4.78, 5) is 21.9. The fourth-order valence-electron chi connectivity index (χ4n) is 1.54. The maximum Gasteiger partial charge on any atom is 0.336 e. The molecule has 0 unspecified atom stereocenters. The van der Waals surface area contributed by atoms with E-state index in [0.29, 0.717) is 30.8 Å². The third-order valence-electron chi connectivity index (χ3n) is 2.60. The highest BCUT2D eigenvalue weighted by Gasteiger charge is 2.10. The van der Waals surface area contributed by atoms with Gasteiger partial charge in [-0.1, -0.05) is 6.07 Å². The summed E-state index contributed by atoms with van der Waals surface area (Å²) in [5.41, 5.74) is 0.837. The van der Waals surface area contributed by atoms with Crippen molar-refractivity contribution in [3.63, 3.8) is 0 Å². The van der Waals surface area contributed by atoms with Crippen molar-refractivity contribution >= 4 is 11.9 Å². The topological polar surface area (TPSA) is 75.6 Å². The van der Waals surface area contributed by atoms with Crippen LogP contribution in [0.4, 0.5) is 0 Å². The number of hydrogen-bond acceptors (Lipinski definition) is 3. The first-order chi connectivity index (χ1) is 8.56. The molecule has 18 heavy (non-hydrogen) atoms. The van der Waals surface area contributed by atoms with Crippen molar-refractivity contribution in [3.05, 3.63) is 29.3 Å². The Balaban J connectivity index is 2.55. The lowest BCUT2D eigenvalue weighted by Gasteiger charge is -2.10. The van der Waals surface area contributed by atoms with Gasteiger partial charge in [0.05, 0.1) is 12.2 Å².